The number of hydrogen-bond donors (Lipinski definition) is 0. The van der Waals surface area contributed by atoms with Gasteiger partial charge >= 0.3 is 6.01 Å². The minimum absolute atomic E-state index is 0.110. The molecular weight excluding hydrogens is 254 g/mol. The van der Waals surface area contributed by atoms with Gasteiger partial charge in [0.2, 0.25) is 11.2 Å². The minimum Gasteiger partial charge on any atom is -0.463 e. The fourth-order valence-corrected chi connectivity index (χ4v) is 1.54. The number of halogens is 1. The second kappa shape index (κ2) is 6.30. The van der Waals surface area contributed by atoms with Crippen molar-refractivity contribution in [3.05, 3.63) is 24.0 Å². The highest BCUT2D eigenvalue weighted by atomic mass is 35.5. The van der Waals surface area contributed by atoms with Crippen molar-refractivity contribution in [2.75, 3.05) is 6.61 Å². The van der Waals surface area contributed by atoms with Gasteiger partial charge in [0.1, 0.15) is 6.33 Å². The van der Waals surface area contributed by atoms with Crippen molar-refractivity contribution in [3.63, 3.8) is 0 Å². The van der Waals surface area contributed by atoms with Gasteiger partial charge in [0.15, 0.2) is 0 Å². The summed E-state index contributed by atoms with van der Waals surface area (Å²) in [5, 5.41) is 0.110. The van der Waals surface area contributed by atoms with Crippen LogP contribution in [0.15, 0.2) is 18.7 Å². The van der Waals surface area contributed by atoms with Gasteiger partial charge in [-0.3, -0.25) is 4.57 Å². The topological polar surface area (TPSA) is 65.7 Å². The Morgan fingerprint density at radius 1 is 1.28 bits per heavy atom. The number of rotatable bonds is 6. The molecule has 2 rings (SSSR count). The third kappa shape index (κ3) is 3.40. The van der Waals surface area contributed by atoms with Crippen LogP contribution in [0.2, 0.25) is 5.28 Å². The van der Waals surface area contributed by atoms with E-state index in [9.17, 15) is 0 Å². The fraction of sp³-hybridized carbons (Fsp3) is 0.455. The summed E-state index contributed by atoms with van der Waals surface area (Å²) < 4.78 is 7.09. The number of ether oxygens (including phenoxy) is 1. The van der Waals surface area contributed by atoms with Gasteiger partial charge in [0.05, 0.1) is 6.61 Å². The van der Waals surface area contributed by atoms with Gasteiger partial charge in [0.25, 0.3) is 0 Å². The van der Waals surface area contributed by atoms with E-state index in [0.29, 0.717) is 12.6 Å². The molecule has 0 saturated carbocycles. The molecule has 0 aliphatic heterocycles. The van der Waals surface area contributed by atoms with E-state index in [-0.39, 0.29) is 11.3 Å². The van der Waals surface area contributed by atoms with Gasteiger partial charge in [-0.25, -0.2) is 4.98 Å². The lowest BCUT2D eigenvalue weighted by Crippen LogP contribution is -2.06. The summed E-state index contributed by atoms with van der Waals surface area (Å²) >= 11 is 5.83. The van der Waals surface area contributed by atoms with Crippen LogP contribution in [0.25, 0.3) is 5.95 Å². The van der Waals surface area contributed by atoms with Crippen molar-refractivity contribution in [1.29, 1.82) is 0 Å². The highest BCUT2D eigenvalue weighted by molar-refractivity contribution is 6.28. The molecule has 7 heteroatoms. The molecule has 0 radical (unpaired) electrons. The molecule has 96 valence electrons. The van der Waals surface area contributed by atoms with Crippen LogP contribution in [0.3, 0.4) is 0 Å². The third-order valence-electron chi connectivity index (χ3n) is 2.29. The third-order valence-corrected chi connectivity index (χ3v) is 2.46. The van der Waals surface area contributed by atoms with E-state index in [1.165, 1.54) is 0 Å². The largest absolute Gasteiger partial charge is 0.463 e. The molecule has 0 amide bonds. The maximum absolute atomic E-state index is 5.83. The van der Waals surface area contributed by atoms with E-state index >= 15 is 0 Å². The lowest BCUT2D eigenvalue weighted by Gasteiger charge is -2.05. The Labute approximate surface area is 110 Å². The van der Waals surface area contributed by atoms with Crippen LogP contribution < -0.4 is 4.74 Å². The number of nitrogens with zero attached hydrogens (tertiary/aromatic N) is 5. The summed E-state index contributed by atoms with van der Waals surface area (Å²) in [4.78, 5) is 16.0. The van der Waals surface area contributed by atoms with Crippen LogP contribution in [0.5, 0.6) is 6.01 Å². The lowest BCUT2D eigenvalue weighted by molar-refractivity contribution is 0.281. The second-order valence-corrected chi connectivity index (χ2v) is 4.05. The molecule has 0 saturated heterocycles. The van der Waals surface area contributed by atoms with Crippen molar-refractivity contribution in [2.24, 2.45) is 0 Å². The van der Waals surface area contributed by atoms with Crippen molar-refractivity contribution in [3.8, 4) is 12.0 Å². The van der Waals surface area contributed by atoms with Crippen LogP contribution in [-0.2, 0) is 0 Å². The van der Waals surface area contributed by atoms with Crippen LogP contribution in [-0.4, -0.2) is 31.1 Å². The molecule has 2 aromatic rings. The lowest BCUT2D eigenvalue weighted by atomic mass is 10.3. The fourth-order valence-electron chi connectivity index (χ4n) is 1.39. The van der Waals surface area contributed by atoms with Crippen molar-refractivity contribution >= 4 is 11.6 Å². The molecule has 0 N–H and O–H groups in total. The number of unbranched alkanes of at least 4 members (excludes halogenated alkanes) is 2. The highest BCUT2D eigenvalue weighted by Crippen LogP contribution is 2.11. The van der Waals surface area contributed by atoms with Crippen molar-refractivity contribution < 1.29 is 4.74 Å². The zero-order valence-corrected chi connectivity index (χ0v) is 10.8. The van der Waals surface area contributed by atoms with E-state index in [2.05, 4.69) is 26.9 Å². The molecule has 2 heterocycles. The molecule has 0 fully saturated rings. The molecule has 18 heavy (non-hydrogen) atoms. The van der Waals surface area contributed by atoms with Crippen LogP contribution in [0.4, 0.5) is 0 Å². The summed E-state index contributed by atoms with van der Waals surface area (Å²) in [5.74, 6) is 0.401. The summed E-state index contributed by atoms with van der Waals surface area (Å²) in [7, 11) is 0. The van der Waals surface area contributed by atoms with E-state index in [1.807, 2.05) is 0 Å². The Hall–Kier alpha value is -1.69. The van der Waals surface area contributed by atoms with E-state index in [0.717, 1.165) is 19.3 Å². The molecule has 0 aliphatic rings. The standard InChI is InChI=1S/C11H14ClN5O/c1-2-3-4-7-18-11-15-9(12)14-10(16-11)17-6-5-13-8-17/h5-6,8H,2-4,7H2,1H3. The monoisotopic (exact) mass is 267 g/mol. The first-order valence-corrected chi connectivity index (χ1v) is 6.20. The quantitative estimate of drug-likeness (QED) is 0.751. The molecule has 0 aromatic carbocycles. The molecule has 0 aliphatic carbocycles. The Balaban J connectivity index is 2.07. The summed E-state index contributed by atoms with van der Waals surface area (Å²) in [5.41, 5.74) is 0. The second-order valence-electron chi connectivity index (χ2n) is 3.71. The maximum atomic E-state index is 5.83. The van der Waals surface area contributed by atoms with Gasteiger partial charge in [-0.2, -0.15) is 15.0 Å². The number of imidazole rings is 1. The molecule has 0 bridgehead atoms. The van der Waals surface area contributed by atoms with Crippen molar-refractivity contribution in [1.82, 2.24) is 24.5 Å². The first-order valence-electron chi connectivity index (χ1n) is 5.82. The molecular formula is C11H14ClN5O. The predicted octanol–water partition coefficient (Wildman–Crippen LogP) is 2.28. The molecule has 6 nitrogen and oxygen atoms in total. The average molecular weight is 268 g/mol. The Morgan fingerprint density at radius 3 is 2.89 bits per heavy atom. The first kappa shape index (κ1) is 12.8. The van der Waals surface area contributed by atoms with E-state index in [1.54, 1.807) is 23.3 Å². The molecule has 0 atom stereocenters. The minimum atomic E-state index is 0.110. The van der Waals surface area contributed by atoms with Gasteiger partial charge in [0, 0.05) is 12.4 Å². The van der Waals surface area contributed by atoms with Crippen molar-refractivity contribution in [2.45, 2.75) is 26.2 Å². The van der Waals surface area contributed by atoms with E-state index in [4.69, 9.17) is 16.3 Å². The van der Waals surface area contributed by atoms with E-state index < -0.39 is 0 Å². The van der Waals surface area contributed by atoms with Crippen LogP contribution >= 0.6 is 11.6 Å². The molecule has 0 spiro atoms. The average Bonchev–Trinajstić information content (AvgIpc) is 2.88. The van der Waals surface area contributed by atoms with Gasteiger partial charge in [-0.05, 0) is 18.0 Å². The number of aromatic nitrogens is 5. The zero-order chi connectivity index (χ0) is 12.8. The Morgan fingerprint density at radius 2 is 2.17 bits per heavy atom. The number of hydrogen-bond acceptors (Lipinski definition) is 5. The highest BCUT2D eigenvalue weighted by Gasteiger charge is 2.07. The summed E-state index contributed by atoms with van der Waals surface area (Å²) in [6.45, 7) is 2.72. The Kier molecular flexibility index (Phi) is 4.46. The summed E-state index contributed by atoms with van der Waals surface area (Å²) in [6, 6.07) is 0.245. The van der Waals surface area contributed by atoms with Crippen LogP contribution in [0, 0.1) is 0 Å². The maximum Gasteiger partial charge on any atom is 0.322 e. The first-order chi connectivity index (χ1) is 8.79. The SMILES string of the molecule is CCCCCOc1nc(Cl)nc(-n2ccnc2)n1. The zero-order valence-electron chi connectivity index (χ0n) is 10.1. The van der Waals surface area contributed by atoms with Gasteiger partial charge < -0.3 is 4.74 Å². The smallest absolute Gasteiger partial charge is 0.322 e. The summed E-state index contributed by atoms with van der Waals surface area (Å²) in [6.07, 6.45) is 8.19. The predicted molar refractivity (Wildman–Crippen MR) is 67.0 cm³/mol. The molecule has 2 aromatic heterocycles. The molecule has 0 unspecified atom stereocenters. The van der Waals surface area contributed by atoms with Crippen LogP contribution in [0.1, 0.15) is 26.2 Å². The van der Waals surface area contributed by atoms with Gasteiger partial charge in [-0.1, -0.05) is 19.8 Å². The Bertz CT molecular complexity index is 488. The normalized spacial score (nSPS) is 10.6. The van der Waals surface area contributed by atoms with Gasteiger partial charge in [-0.15, -0.1) is 0 Å².